The van der Waals surface area contributed by atoms with E-state index in [2.05, 4.69) is 21.7 Å². The van der Waals surface area contributed by atoms with Gasteiger partial charge in [0.15, 0.2) is 0 Å². The lowest BCUT2D eigenvalue weighted by molar-refractivity contribution is 0.414. The van der Waals surface area contributed by atoms with Crippen molar-refractivity contribution < 1.29 is 0 Å². The molecule has 0 aromatic carbocycles. The van der Waals surface area contributed by atoms with Gasteiger partial charge in [0.25, 0.3) is 0 Å². The molecule has 2 rings (SSSR count). The molecular formula is C10H17N3. The van der Waals surface area contributed by atoms with Gasteiger partial charge in [-0.1, -0.05) is 6.42 Å². The summed E-state index contributed by atoms with van der Waals surface area (Å²) in [5.41, 5.74) is 1.19. The molecule has 1 aromatic rings. The fourth-order valence-corrected chi connectivity index (χ4v) is 1.77. The van der Waals surface area contributed by atoms with Crippen LogP contribution < -0.4 is 10.6 Å². The van der Waals surface area contributed by atoms with Gasteiger partial charge in [-0.15, -0.1) is 0 Å². The molecule has 1 fully saturated rings. The first kappa shape index (κ1) is 8.63. The highest BCUT2D eigenvalue weighted by atomic mass is 15.0. The van der Waals surface area contributed by atoms with Crippen molar-refractivity contribution in [3.63, 3.8) is 0 Å². The molecule has 3 N–H and O–H groups in total. The third-order valence-electron chi connectivity index (χ3n) is 2.56. The molecule has 1 saturated heterocycles. The van der Waals surface area contributed by atoms with E-state index in [0.717, 1.165) is 6.54 Å². The zero-order valence-electron chi connectivity index (χ0n) is 7.84. The minimum Gasteiger partial charge on any atom is -0.382 e. The second-order valence-corrected chi connectivity index (χ2v) is 3.63. The van der Waals surface area contributed by atoms with Crippen LogP contribution in [0, 0.1) is 0 Å². The standard InChI is InChI=1S/C10H17N3/c1-2-5-12-9(3-1)8-13-10-4-6-11-7-10/h4,6-7,9,11-13H,1-3,5,8H2. The van der Waals surface area contributed by atoms with Crippen LogP contribution in [0.3, 0.4) is 0 Å². The quantitative estimate of drug-likeness (QED) is 0.659. The van der Waals surface area contributed by atoms with Crippen molar-refractivity contribution >= 4 is 5.69 Å². The molecule has 0 bridgehead atoms. The van der Waals surface area contributed by atoms with Gasteiger partial charge in [0.1, 0.15) is 0 Å². The molecule has 72 valence electrons. The lowest BCUT2D eigenvalue weighted by Crippen LogP contribution is -2.39. The number of nitrogens with one attached hydrogen (secondary N) is 3. The van der Waals surface area contributed by atoms with Crippen molar-refractivity contribution in [2.75, 3.05) is 18.4 Å². The maximum atomic E-state index is 3.51. The number of aromatic amines is 1. The molecule has 1 unspecified atom stereocenters. The van der Waals surface area contributed by atoms with Gasteiger partial charge in [0.2, 0.25) is 0 Å². The lowest BCUT2D eigenvalue weighted by atomic mass is 10.1. The van der Waals surface area contributed by atoms with Crippen LogP contribution in [0.25, 0.3) is 0 Å². The van der Waals surface area contributed by atoms with Crippen LogP contribution in [0.4, 0.5) is 5.69 Å². The molecule has 3 nitrogen and oxygen atoms in total. The van der Waals surface area contributed by atoms with Gasteiger partial charge >= 0.3 is 0 Å². The average Bonchev–Trinajstić information content (AvgIpc) is 2.69. The van der Waals surface area contributed by atoms with Crippen molar-refractivity contribution in [1.82, 2.24) is 10.3 Å². The van der Waals surface area contributed by atoms with E-state index in [0.29, 0.717) is 6.04 Å². The molecule has 1 aromatic heterocycles. The van der Waals surface area contributed by atoms with Crippen LogP contribution in [-0.2, 0) is 0 Å². The van der Waals surface area contributed by atoms with E-state index in [1.165, 1.54) is 31.5 Å². The Morgan fingerprint density at radius 3 is 3.15 bits per heavy atom. The van der Waals surface area contributed by atoms with Gasteiger partial charge in [-0.3, -0.25) is 0 Å². The molecule has 1 aliphatic rings. The molecule has 2 heterocycles. The summed E-state index contributed by atoms with van der Waals surface area (Å²) in [6.45, 7) is 2.22. The third-order valence-corrected chi connectivity index (χ3v) is 2.56. The second-order valence-electron chi connectivity index (χ2n) is 3.63. The number of H-pyrrole nitrogens is 1. The van der Waals surface area contributed by atoms with Gasteiger partial charge < -0.3 is 15.6 Å². The SMILES string of the molecule is c1cc(NCC2CCCCN2)c[nH]1. The highest BCUT2D eigenvalue weighted by Crippen LogP contribution is 2.09. The number of hydrogen-bond donors (Lipinski definition) is 3. The number of rotatable bonds is 3. The molecule has 0 aliphatic carbocycles. The maximum absolute atomic E-state index is 3.51. The predicted molar refractivity (Wildman–Crippen MR) is 54.9 cm³/mol. The first-order valence-corrected chi connectivity index (χ1v) is 5.05. The van der Waals surface area contributed by atoms with Gasteiger partial charge in [-0.2, -0.15) is 0 Å². The molecular weight excluding hydrogens is 162 g/mol. The van der Waals surface area contributed by atoms with Crippen molar-refractivity contribution in [3.8, 4) is 0 Å². The normalized spacial score (nSPS) is 22.9. The fourth-order valence-electron chi connectivity index (χ4n) is 1.77. The summed E-state index contributed by atoms with van der Waals surface area (Å²) in [6, 6.07) is 2.71. The largest absolute Gasteiger partial charge is 0.382 e. The van der Waals surface area contributed by atoms with E-state index >= 15 is 0 Å². The number of aromatic nitrogens is 1. The number of hydrogen-bond acceptors (Lipinski definition) is 2. The Morgan fingerprint density at radius 2 is 2.46 bits per heavy atom. The molecule has 0 saturated carbocycles. The summed E-state index contributed by atoms with van der Waals surface area (Å²) in [4.78, 5) is 3.03. The Kier molecular flexibility index (Phi) is 2.87. The molecule has 3 heteroatoms. The summed E-state index contributed by atoms with van der Waals surface area (Å²) in [7, 11) is 0. The molecule has 0 radical (unpaired) electrons. The molecule has 13 heavy (non-hydrogen) atoms. The van der Waals surface area contributed by atoms with E-state index < -0.39 is 0 Å². The van der Waals surface area contributed by atoms with E-state index in [1.807, 2.05) is 12.4 Å². The minimum atomic E-state index is 0.656. The molecule has 0 spiro atoms. The Labute approximate surface area is 78.9 Å². The molecule has 1 atom stereocenters. The first-order chi connectivity index (χ1) is 6.45. The van der Waals surface area contributed by atoms with E-state index in [1.54, 1.807) is 0 Å². The smallest absolute Gasteiger partial charge is 0.0518 e. The van der Waals surface area contributed by atoms with Gasteiger partial charge in [0.05, 0.1) is 5.69 Å². The van der Waals surface area contributed by atoms with Gasteiger partial charge in [-0.25, -0.2) is 0 Å². The summed E-state index contributed by atoms with van der Waals surface area (Å²) < 4.78 is 0. The monoisotopic (exact) mass is 179 g/mol. The van der Waals surface area contributed by atoms with E-state index in [9.17, 15) is 0 Å². The lowest BCUT2D eigenvalue weighted by Gasteiger charge is -2.23. The molecule has 0 amide bonds. The van der Waals surface area contributed by atoms with Crippen LogP contribution in [-0.4, -0.2) is 24.1 Å². The maximum Gasteiger partial charge on any atom is 0.0518 e. The number of anilines is 1. The van der Waals surface area contributed by atoms with Gasteiger partial charge in [0, 0.05) is 25.0 Å². The highest BCUT2D eigenvalue weighted by Gasteiger charge is 2.11. The Morgan fingerprint density at radius 1 is 1.46 bits per heavy atom. The van der Waals surface area contributed by atoms with Crippen LogP contribution in [0.1, 0.15) is 19.3 Å². The Bertz CT molecular complexity index is 224. The highest BCUT2D eigenvalue weighted by molar-refractivity contribution is 5.40. The van der Waals surface area contributed by atoms with Crippen molar-refractivity contribution in [3.05, 3.63) is 18.5 Å². The van der Waals surface area contributed by atoms with Crippen molar-refractivity contribution in [2.45, 2.75) is 25.3 Å². The van der Waals surface area contributed by atoms with Crippen molar-refractivity contribution in [2.24, 2.45) is 0 Å². The predicted octanol–water partition coefficient (Wildman–Crippen LogP) is 1.57. The van der Waals surface area contributed by atoms with Crippen LogP contribution in [0.2, 0.25) is 0 Å². The second kappa shape index (κ2) is 4.33. The van der Waals surface area contributed by atoms with Crippen molar-refractivity contribution in [1.29, 1.82) is 0 Å². The fraction of sp³-hybridized carbons (Fsp3) is 0.600. The Balaban J connectivity index is 1.72. The van der Waals surface area contributed by atoms with Gasteiger partial charge in [-0.05, 0) is 25.5 Å². The number of piperidine rings is 1. The first-order valence-electron chi connectivity index (χ1n) is 5.05. The summed E-state index contributed by atoms with van der Waals surface area (Å²) >= 11 is 0. The van der Waals surface area contributed by atoms with E-state index in [-0.39, 0.29) is 0 Å². The topological polar surface area (TPSA) is 39.8 Å². The van der Waals surface area contributed by atoms with Crippen LogP contribution >= 0.6 is 0 Å². The Hall–Kier alpha value is -0.960. The third kappa shape index (κ3) is 2.49. The summed E-state index contributed by atoms with van der Waals surface area (Å²) in [5, 5.41) is 6.91. The zero-order valence-corrected chi connectivity index (χ0v) is 7.84. The average molecular weight is 179 g/mol. The van der Waals surface area contributed by atoms with Crippen LogP contribution in [0.5, 0.6) is 0 Å². The zero-order chi connectivity index (χ0) is 8.93. The minimum absolute atomic E-state index is 0.656. The van der Waals surface area contributed by atoms with E-state index in [4.69, 9.17) is 0 Å². The summed E-state index contributed by atoms with van der Waals surface area (Å²) in [6.07, 6.45) is 7.93. The van der Waals surface area contributed by atoms with Crippen LogP contribution in [0.15, 0.2) is 18.5 Å². The summed E-state index contributed by atoms with van der Waals surface area (Å²) in [5.74, 6) is 0. The molecule has 1 aliphatic heterocycles.